The summed E-state index contributed by atoms with van der Waals surface area (Å²) in [6.45, 7) is 0.512. The summed E-state index contributed by atoms with van der Waals surface area (Å²) in [7, 11) is 1.50. The summed E-state index contributed by atoms with van der Waals surface area (Å²) in [5.41, 5.74) is 6.63. The van der Waals surface area contributed by atoms with Gasteiger partial charge in [0, 0.05) is 12.7 Å². The molecular weight excluding hydrogens is 276 g/mol. The molecule has 0 saturated carbocycles. The molecule has 3 N–H and O–H groups in total. The highest BCUT2D eigenvalue weighted by Gasteiger charge is 2.13. The first kappa shape index (κ1) is 14.6. The average molecular weight is 292 g/mol. The number of hydrogen-bond acceptors (Lipinski definition) is 6. The van der Waals surface area contributed by atoms with Crippen molar-refractivity contribution in [2.24, 2.45) is 5.73 Å². The third-order valence-corrected chi connectivity index (χ3v) is 3.56. The Labute approximate surface area is 121 Å². The van der Waals surface area contributed by atoms with Crippen LogP contribution in [0.15, 0.2) is 30.3 Å². The van der Waals surface area contributed by atoms with Crippen molar-refractivity contribution >= 4 is 17.2 Å². The van der Waals surface area contributed by atoms with Crippen LogP contribution < -0.4 is 11.1 Å². The maximum atomic E-state index is 11.6. The van der Waals surface area contributed by atoms with E-state index in [1.54, 1.807) is 0 Å². The van der Waals surface area contributed by atoms with E-state index in [9.17, 15) is 4.79 Å². The Hall–Kier alpha value is -1.83. The van der Waals surface area contributed by atoms with E-state index in [1.165, 1.54) is 18.4 Å². The molecular formula is C13H16N4O2S. The summed E-state index contributed by atoms with van der Waals surface area (Å²) >= 11 is 1.44. The van der Waals surface area contributed by atoms with Crippen molar-refractivity contribution in [3.8, 4) is 10.6 Å². The molecule has 0 aliphatic heterocycles. The lowest BCUT2D eigenvalue weighted by Gasteiger charge is -2.09. The Bertz CT molecular complexity index is 559. The number of ether oxygens (including phenoxy) is 1. The summed E-state index contributed by atoms with van der Waals surface area (Å²) in [5.74, 6) is -0.261. The van der Waals surface area contributed by atoms with Gasteiger partial charge < -0.3 is 15.8 Å². The van der Waals surface area contributed by atoms with Crippen LogP contribution >= 0.6 is 11.3 Å². The molecule has 106 valence electrons. The monoisotopic (exact) mass is 292 g/mol. The van der Waals surface area contributed by atoms with Crippen LogP contribution in [-0.4, -0.2) is 35.9 Å². The van der Waals surface area contributed by atoms with Gasteiger partial charge in [-0.2, -0.15) is 0 Å². The number of aromatic nitrogens is 2. The van der Waals surface area contributed by atoms with Crippen LogP contribution in [0.1, 0.15) is 5.01 Å². The molecule has 1 aromatic heterocycles. The molecule has 0 saturated heterocycles. The second-order valence-electron chi connectivity index (χ2n) is 4.15. The molecule has 0 bridgehead atoms. The Morgan fingerprint density at radius 2 is 2.15 bits per heavy atom. The van der Waals surface area contributed by atoms with Crippen molar-refractivity contribution in [3.05, 3.63) is 35.3 Å². The van der Waals surface area contributed by atoms with Crippen molar-refractivity contribution in [2.45, 2.75) is 12.6 Å². The van der Waals surface area contributed by atoms with Crippen LogP contribution in [0.4, 0.5) is 0 Å². The van der Waals surface area contributed by atoms with Gasteiger partial charge in [0.15, 0.2) is 0 Å². The first-order chi connectivity index (χ1) is 9.70. The number of carbonyl (C=O) groups excluding carboxylic acids is 1. The van der Waals surface area contributed by atoms with Gasteiger partial charge in [0.05, 0.1) is 13.2 Å². The summed E-state index contributed by atoms with van der Waals surface area (Å²) in [6, 6.07) is 9.11. The predicted molar refractivity (Wildman–Crippen MR) is 77.0 cm³/mol. The molecule has 2 aromatic rings. The number of nitrogens with two attached hydrogens (primary N) is 1. The number of amides is 1. The normalized spacial score (nSPS) is 12.1. The Balaban J connectivity index is 1.92. The fourth-order valence-corrected chi connectivity index (χ4v) is 2.36. The summed E-state index contributed by atoms with van der Waals surface area (Å²) in [6.07, 6.45) is 0. The van der Waals surface area contributed by atoms with Crippen LogP contribution in [0.3, 0.4) is 0 Å². The smallest absolute Gasteiger partial charge is 0.239 e. The highest BCUT2D eigenvalue weighted by Crippen LogP contribution is 2.22. The zero-order valence-electron chi connectivity index (χ0n) is 11.1. The average Bonchev–Trinajstić information content (AvgIpc) is 2.95. The maximum absolute atomic E-state index is 11.6. The Morgan fingerprint density at radius 1 is 1.40 bits per heavy atom. The van der Waals surface area contributed by atoms with Crippen molar-refractivity contribution < 1.29 is 9.53 Å². The van der Waals surface area contributed by atoms with E-state index < -0.39 is 6.04 Å². The zero-order valence-corrected chi connectivity index (χ0v) is 11.9. The van der Waals surface area contributed by atoms with Crippen molar-refractivity contribution in [3.63, 3.8) is 0 Å². The van der Waals surface area contributed by atoms with Crippen LogP contribution in [0.2, 0.25) is 0 Å². The topological polar surface area (TPSA) is 90.1 Å². The second-order valence-corrected chi connectivity index (χ2v) is 5.21. The quantitative estimate of drug-likeness (QED) is 0.821. The Morgan fingerprint density at radius 3 is 2.85 bits per heavy atom. The minimum Gasteiger partial charge on any atom is -0.383 e. The summed E-state index contributed by atoms with van der Waals surface area (Å²) in [4.78, 5) is 11.6. The predicted octanol–water partition coefficient (Wildman–Crippen LogP) is 0.795. The van der Waals surface area contributed by atoms with Crippen LogP contribution in [-0.2, 0) is 16.1 Å². The number of carbonyl (C=O) groups is 1. The molecule has 0 spiro atoms. The van der Waals surface area contributed by atoms with Gasteiger partial charge in [-0.3, -0.25) is 4.79 Å². The third-order valence-electron chi connectivity index (χ3n) is 2.58. The molecule has 2 rings (SSSR count). The molecule has 7 heteroatoms. The van der Waals surface area contributed by atoms with Gasteiger partial charge in [-0.1, -0.05) is 41.7 Å². The van der Waals surface area contributed by atoms with E-state index in [-0.39, 0.29) is 12.5 Å². The number of nitrogens with one attached hydrogen (secondary N) is 1. The number of benzene rings is 1. The standard InChI is InChI=1S/C13H16N4O2S/c1-19-8-10(14)12(18)15-7-11-16-17-13(20-11)9-5-3-2-4-6-9/h2-6,10H,7-8,14H2,1H3,(H,15,18). The van der Waals surface area contributed by atoms with Crippen LogP contribution in [0, 0.1) is 0 Å². The van der Waals surface area contributed by atoms with Gasteiger partial charge >= 0.3 is 0 Å². The van der Waals surface area contributed by atoms with Gasteiger partial charge in [0.2, 0.25) is 5.91 Å². The largest absolute Gasteiger partial charge is 0.383 e. The van der Waals surface area contributed by atoms with Gasteiger partial charge in [-0.05, 0) is 0 Å². The number of nitrogens with zero attached hydrogens (tertiary/aromatic N) is 2. The number of hydrogen-bond donors (Lipinski definition) is 2. The van der Waals surface area contributed by atoms with E-state index >= 15 is 0 Å². The lowest BCUT2D eigenvalue weighted by atomic mass is 10.2. The molecule has 0 aliphatic carbocycles. The lowest BCUT2D eigenvalue weighted by Crippen LogP contribution is -2.43. The highest BCUT2D eigenvalue weighted by molar-refractivity contribution is 7.14. The molecule has 20 heavy (non-hydrogen) atoms. The first-order valence-electron chi connectivity index (χ1n) is 6.10. The van der Waals surface area contributed by atoms with E-state index in [1.807, 2.05) is 30.3 Å². The van der Waals surface area contributed by atoms with E-state index in [2.05, 4.69) is 15.5 Å². The van der Waals surface area contributed by atoms with E-state index in [4.69, 9.17) is 10.5 Å². The lowest BCUT2D eigenvalue weighted by molar-refractivity contribution is -0.123. The molecule has 0 fully saturated rings. The van der Waals surface area contributed by atoms with Crippen LogP contribution in [0.5, 0.6) is 0 Å². The number of methoxy groups -OCH3 is 1. The fourth-order valence-electron chi connectivity index (χ4n) is 1.57. The molecule has 1 unspecified atom stereocenters. The van der Waals surface area contributed by atoms with Crippen molar-refractivity contribution in [1.29, 1.82) is 0 Å². The van der Waals surface area contributed by atoms with Gasteiger partial charge in [-0.25, -0.2) is 0 Å². The maximum Gasteiger partial charge on any atom is 0.239 e. The van der Waals surface area contributed by atoms with Crippen molar-refractivity contribution in [2.75, 3.05) is 13.7 Å². The fraction of sp³-hybridized carbons (Fsp3) is 0.308. The summed E-state index contributed by atoms with van der Waals surface area (Å²) < 4.78 is 4.83. The van der Waals surface area contributed by atoms with Gasteiger partial charge in [0.1, 0.15) is 16.1 Å². The van der Waals surface area contributed by atoms with Gasteiger partial charge in [-0.15, -0.1) is 10.2 Å². The third kappa shape index (κ3) is 3.83. The SMILES string of the molecule is COCC(N)C(=O)NCc1nnc(-c2ccccc2)s1. The minimum atomic E-state index is -0.665. The molecule has 0 radical (unpaired) electrons. The Kier molecular flexibility index (Phi) is 5.16. The summed E-state index contributed by atoms with van der Waals surface area (Å²) in [5, 5.41) is 12.4. The second kappa shape index (κ2) is 7.09. The van der Waals surface area contributed by atoms with E-state index in [0.717, 1.165) is 15.6 Å². The molecule has 1 amide bonds. The molecule has 0 aliphatic rings. The van der Waals surface area contributed by atoms with Crippen LogP contribution in [0.25, 0.3) is 10.6 Å². The molecule has 1 atom stereocenters. The molecule has 6 nitrogen and oxygen atoms in total. The zero-order chi connectivity index (χ0) is 14.4. The molecule has 1 heterocycles. The highest BCUT2D eigenvalue weighted by atomic mass is 32.1. The number of rotatable bonds is 6. The van der Waals surface area contributed by atoms with E-state index in [0.29, 0.717) is 6.54 Å². The van der Waals surface area contributed by atoms with Crippen molar-refractivity contribution in [1.82, 2.24) is 15.5 Å². The first-order valence-corrected chi connectivity index (χ1v) is 6.92. The van der Waals surface area contributed by atoms with Gasteiger partial charge in [0.25, 0.3) is 0 Å². The minimum absolute atomic E-state index is 0.192. The molecule has 1 aromatic carbocycles.